The molecule has 6 heteroatoms. The summed E-state index contributed by atoms with van der Waals surface area (Å²) in [5, 5.41) is 0. The number of rotatable bonds is 4. The third kappa shape index (κ3) is 2.70. The van der Waals surface area contributed by atoms with Crippen LogP contribution in [0.2, 0.25) is 4.34 Å². The van der Waals surface area contributed by atoms with E-state index < -0.39 is 0 Å². The largest absolute Gasteiger partial charge is 0.483 e. The van der Waals surface area contributed by atoms with Crippen molar-refractivity contribution in [2.24, 2.45) is 5.73 Å². The second-order valence-electron chi connectivity index (χ2n) is 4.55. The van der Waals surface area contributed by atoms with Crippen molar-refractivity contribution >= 4 is 22.9 Å². The smallest absolute Gasteiger partial charge is 0.231 e. The lowest BCUT2D eigenvalue weighted by Gasteiger charge is -2.21. The molecule has 0 saturated heterocycles. The van der Waals surface area contributed by atoms with Gasteiger partial charge in [-0.05, 0) is 31.2 Å². The fraction of sp³-hybridized carbons (Fsp3) is 0.286. The van der Waals surface area contributed by atoms with Gasteiger partial charge in [-0.2, -0.15) is 0 Å². The van der Waals surface area contributed by atoms with E-state index in [4.69, 9.17) is 31.5 Å². The molecule has 1 aromatic carbocycles. The number of nitrogens with two attached hydrogens (primary N) is 1. The maximum absolute atomic E-state index is 6.02. The lowest BCUT2D eigenvalue weighted by molar-refractivity contribution is 0.172. The van der Waals surface area contributed by atoms with Gasteiger partial charge in [0.15, 0.2) is 11.5 Å². The standard InChI is InChI=1S/C14H14ClNO3S/c1-8(16)14(12-4-5-13(15)20-12)19-9-2-3-10-11(6-9)18-7-17-10/h2-6,8,14H,7,16H2,1H3. The summed E-state index contributed by atoms with van der Waals surface area (Å²) in [6, 6.07) is 9.12. The number of hydrogen-bond acceptors (Lipinski definition) is 5. The first kappa shape index (κ1) is 13.5. The van der Waals surface area contributed by atoms with Crippen molar-refractivity contribution < 1.29 is 14.2 Å². The molecule has 2 unspecified atom stereocenters. The van der Waals surface area contributed by atoms with Gasteiger partial charge in [-0.1, -0.05) is 11.6 Å². The number of thiophene rings is 1. The lowest BCUT2D eigenvalue weighted by Crippen LogP contribution is -2.28. The first-order valence-corrected chi connectivity index (χ1v) is 7.40. The van der Waals surface area contributed by atoms with Crippen molar-refractivity contribution in [3.63, 3.8) is 0 Å². The monoisotopic (exact) mass is 311 g/mol. The van der Waals surface area contributed by atoms with Crippen molar-refractivity contribution in [1.82, 2.24) is 0 Å². The molecule has 1 aliphatic heterocycles. The first-order chi connectivity index (χ1) is 9.63. The molecule has 1 aromatic heterocycles. The molecule has 1 aliphatic rings. The number of benzene rings is 1. The Kier molecular flexibility index (Phi) is 3.74. The van der Waals surface area contributed by atoms with Gasteiger partial charge in [-0.25, -0.2) is 0 Å². The Morgan fingerprint density at radius 2 is 2.05 bits per heavy atom. The molecule has 0 amide bonds. The second kappa shape index (κ2) is 5.52. The van der Waals surface area contributed by atoms with E-state index in [2.05, 4.69) is 0 Å². The molecule has 0 saturated carbocycles. The van der Waals surface area contributed by atoms with Gasteiger partial charge >= 0.3 is 0 Å². The van der Waals surface area contributed by atoms with Gasteiger partial charge in [0.25, 0.3) is 0 Å². The normalized spacial score (nSPS) is 15.9. The topological polar surface area (TPSA) is 53.7 Å². The molecular formula is C14H14ClNO3S. The maximum atomic E-state index is 6.02. The van der Waals surface area contributed by atoms with Crippen molar-refractivity contribution in [3.05, 3.63) is 39.5 Å². The predicted molar refractivity (Wildman–Crippen MR) is 78.9 cm³/mol. The highest BCUT2D eigenvalue weighted by Crippen LogP contribution is 2.38. The minimum Gasteiger partial charge on any atom is -0.483 e. The molecule has 106 valence electrons. The molecule has 0 fully saturated rings. The van der Waals surface area contributed by atoms with Crippen LogP contribution in [0.1, 0.15) is 17.9 Å². The fourth-order valence-electron chi connectivity index (χ4n) is 2.00. The predicted octanol–water partition coefficient (Wildman–Crippen LogP) is 3.60. The van der Waals surface area contributed by atoms with Crippen LogP contribution in [-0.4, -0.2) is 12.8 Å². The van der Waals surface area contributed by atoms with E-state index in [1.54, 1.807) is 0 Å². The molecule has 0 bridgehead atoms. The molecule has 0 radical (unpaired) electrons. The lowest BCUT2D eigenvalue weighted by atomic mass is 10.1. The zero-order valence-corrected chi connectivity index (χ0v) is 12.4. The summed E-state index contributed by atoms with van der Waals surface area (Å²) in [5.74, 6) is 2.12. The van der Waals surface area contributed by atoms with Gasteiger partial charge in [0.1, 0.15) is 11.9 Å². The molecule has 2 N–H and O–H groups in total. The highest BCUT2D eigenvalue weighted by molar-refractivity contribution is 7.16. The van der Waals surface area contributed by atoms with Gasteiger partial charge in [0, 0.05) is 17.0 Å². The van der Waals surface area contributed by atoms with Crippen LogP contribution in [0.15, 0.2) is 30.3 Å². The van der Waals surface area contributed by atoms with E-state index in [-0.39, 0.29) is 18.9 Å². The van der Waals surface area contributed by atoms with Crippen molar-refractivity contribution in [2.45, 2.75) is 19.1 Å². The molecule has 3 rings (SSSR count). The Labute approximate surface area is 126 Å². The molecular weight excluding hydrogens is 298 g/mol. The summed E-state index contributed by atoms with van der Waals surface area (Å²) in [6.45, 7) is 2.15. The third-order valence-corrected chi connectivity index (χ3v) is 4.25. The van der Waals surface area contributed by atoms with Crippen LogP contribution >= 0.6 is 22.9 Å². The van der Waals surface area contributed by atoms with Crippen LogP contribution in [0.25, 0.3) is 0 Å². The Morgan fingerprint density at radius 1 is 1.25 bits per heavy atom. The Hall–Kier alpha value is -1.43. The van der Waals surface area contributed by atoms with Gasteiger partial charge in [0.05, 0.1) is 4.34 Å². The number of halogens is 1. The average molecular weight is 312 g/mol. The zero-order chi connectivity index (χ0) is 14.1. The molecule has 0 spiro atoms. The van der Waals surface area contributed by atoms with Crippen molar-refractivity contribution in [2.75, 3.05) is 6.79 Å². The number of fused-ring (bicyclic) bond motifs is 1. The fourth-order valence-corrected chi connectivity index (χ4v) is 3.21. The average Bonchev–Trinajstić information content (AvgIpc) is 3.03. The summed E-state index contributed by atoms with van der Waals surface area (Å²) >= 11 is 7.45. The van der Waals surface area contributed by atoms with E-state index in [9.17, 15) is 0 Å². The van der Waals surface area contributed by atoms with Crippen LogP contribution in [-0.2, 0) is 0 Å². The Balaban J connectivity index is 1.83. The van der Waals surface area contributed by atoms with Crippen molar-refractivity contribution in [1.29, 1.82) is 0 Å². The Bertz CT molecular complexity index is 614. The molecule has 2 atom stereocenters. The molecule has 20 heavy (non-hydrogen) atoms. The maximum Gasteiger partial charge on any atom is 0.231 e. The van der Waals surface area contributed by atoms with Crippen LogP contribution in [0.5, 0.6) is 17.2 Å². The molecule has 2 aromatic rings. The minimum absolute atomic E-state index is 0.157. The van der Waals surface area contributed by atoms with E-state index in [1.807, 2.05) is 37.3 Å². The molecule has 2 heterocycles. The zero-order valence-electron chi connectivity index (χ0n) is 10.8. The quantitative estimate of drug-likeness (QED) is 0.937. The SMILES string of the molecule is CC(N)C(Oc1ccc2c(c1)OCO2)c1ccc(Cl)s1. The summed E-state index contributed by atoms with van der Waals surface area (Å²) in [4.78, 5) is 1.00. The Morgan fingerprint density at radius 3 is 2.75 bits per heavy atom. The summed E-state index contributed by atoms with van der Waals surface area (Å²) in [6.07, 6.45) is -0.243. The third-order valence-electron chi connectivity index (χ3n) is 2.96. The molecule has 4 nitrogen and oxygen atoms in total. The van der Waals surface area contributed by atoms with E-state index in [1.165, 1.54) is 11.3 Å². The van der Waals surface area contributed by atoms with E-state index in [0.29, 0.717) is 11.5 Å². The highest BCUT2D eigenvalue weighted by atomic mass is 35.5. The van der Waals surface area contributed by atoms with Gasteiger partial charge in [-0.3, -0.25) is 0 Å². The van der Waals surface area contributed by atoms with E-state index >= 15 is 0 Å². The number of ether oxygens (including phenoxy) is 3. The highest BCUT2D eigenvalue weighted by Gasteiger charge is 2.22. The minimum atomic E-state index is -0.243. The summed E-state index contributed by atoms with van der Waals surface area (Å²) in [7, 11) is 0. The van der Waals surface area contributed by atoms with E-state index in [0.717, 1.165) is 15.0 Å². The van der Waals surface area contributed by atoms with Crippen LogP contribution in [0.3, 0.4) is 0 Å². The van der Waals surface area contributed by atoms with Crippen LogP contribution in [0, 0.1) is 0 Å². The van der Waals surface area contributed by atoms with Crippen LogP contribution < -0.4 is 19.9 Å². The number of hydrogen-bond donors (Lipinski definition) is 1. The first-order valence-electron chi connectivity index (χ1n) is 6.20. The van der Waals surface area contributed by atoms with Crippen LogP contribution in [0.4, 0.5) is 0 Å². The van der Waals surface area contributed by atoms with Gasteiger partial charge < -0.3 is 19.9 Å². The van der Waals surface area contributed by atoms with Gasteiger partial charge in [-0.15, -0.1) is 11.3 Å². The van der Waals surface area contributed by atoms with Crippen molar-refractivity contribution in [3.8, 4) is 17.2 Å². The van der Waals surface area contributed by atoms with Gasteiger partial charge in [0.2, 0.25) is 6.79 Å². The summed E-state index contributed by atoms with van der Waals surface area (Å²) < 4.78 is 17.3. The molecule has 0 aliphatic carbocycles. The summed E-state index contributed by atoms with van der Waals surface area (Å²) in [5.41, 5.74) is 6.02. The second-order valence-corrected chi connectivity index (χ2v) is 6.30.